The van der Waals surface area contributed by atoms with Crippen LogP contribution in [0.15, 0.2) is 249 Å². The molecule has 0 spiro atoms. The van der Waals surface area contributed by atoms with Crippen molar-refractivity contribution in [3.63, 3.8) is 0 Å². The average molecular weight is 1100 g/mol. The Kier molecular flexibility index (Phi) is 12.7. The van der Waals surface area contributed by atoms with Crippen molar-refractivity contribution in [2.24, 2.45) is 0 Å². The number of nitrogens with zero attached hydrogens (tertiary/aromatic N) is 3. The molecule has 0 amide bonds. The fourth-order valence-corrected chi connectivity index (χ4v) is 13.8. The molecular weight excluding hydrogens is 1030 g/mol. The summed E-state index contributed by atoms with van der Waals surface area (Å²) in [6.07, 6.45) is 0. The maximum atomic E-state index is 2.65. The van der Waals surface area contributed by atoms with Gasteiger partial charge >= 0.3 is 0 Å². The van der Waals surface area contributed by atoms with Gasteiger partial charge in [-0.1, -0.05) is 246 Å². The molecule has 416 valence electrons. The molecule has 2 heterocycles. The van der Waals surface area contributed by atoms with Gasteiger partial charge in [-0.05, 0) is 178 Å². The summed E-state index contributed by atoms with van der Waals surface area (Å²) < 4.78 is 0. The number of hydrogen-bond acceptors (Lipinski definition) is 3. The molecule has 4 heteroatoms. The largest absolute Gasteiger partial charge is 0.311 e. The van der Waals surface area contributed by atoms with Crippen LogP contribution in [-0.4, -0.2) is 6.71 Å². The van der Waals surface area contributed by atoms with Gasteiger partial charge in [-0.15, -0.1) is 0 Å². The van der Waals surface area contributed by atoms with Crippen LogP contribution >= 0.6 is 0 Å². The number of hydrogen-bond donors (Lipinski definition) is 0. The fourth-order valence-electron chi connectivity index (χ4n) is 13.8. The monoisotopic (exact) mass is 1100 g/mol. The van der Waals surface area contributed by atoms with Crippen LogP contribution in [0.1, 0.15) is 104 Å². The molecule has 0 aromatic heterocycles. The summed E-state index contributed by atoms with van der Waals surface area (Å²) in [4.78, 5) is 7.74. The van der Waals surface area contributed by atoms with Gasteiger partial charge < -0.3 is 14.7 Å². The van der Waals surface area contributed by atoms with Crippen molar-refractivity contribution in [1.29, 1.82) is 0 Å². The van der Waals surface area contributed by atoms with Crippen LogP contribution in [0.25, 0.3) is 44.5 Å². The van der Waals surface area contributed by atoms with Gasteiger partial charge in [0.15, 0.2) is 0 Å². The third kappa shape index (κ3) is 9.21. The summed E-state index contributed by atoms with van der Waals surface area (Å²) in [5.74, 6) is 0. The minimum Gasteiger partial charge on any atom is -0.311 e. The van der Waals surface area contributed by atoms with Crippen LogP contribution < -0.4 is 31.1 Å². The number of rotatable bonds is 8. The quantitative estimate of drug-likeness (QED) is 0.140. The van der Waals surface area contributed by atoms with E-state index in [-0.39, 0.29) is 28.4 Å². The van der Waals surface area contributed by atoms with Gasteiger partial charge in [0.25, 0.3) is 6.71 Å². The lowest BCUT2D eigenvalue weighted by molar-refractivity contribution is 0.590. The standard InChI is InChI=1S/C81H74BN3/c1-78(2,3)58-34-39-61(40-35-58)83(72-46-36-59(79(4,5)6)48-67(72)56-27-19-14-20-28-56)64-42-44-70-74(52-64)85(63-41-43-66-65-29-21-22-30-68(65)81(10,11)69(66)51-63)76-50-60(80(7,8)9)49-75-77(76)82(70)71-47-57(54-25-17-13-18-26-54)33-45-73(71)84(75)62-37-31-55(32-38-62)53-23-15-12-16-24-53/h12-52H,1-11H3. The highest BCUT2D eigenvalue weighted by Crippen LogP contribution is 2.53. The highest BCUT2D eigenvalue weighted by Gasteiger charge is 2.45. The smallest absolute Gasteiger partial charge is 0.252 e. The first-order valence-electron chi connectivity index (χ1n) is 30.4. The first-order chi connectivity index (χ1) is 40.8. The van der Waals surface area contributed by atoms with Gasteiger partial charge in [0.2, 0.25) is 0 Å². The van der Waals surface area contributed by atoms with Gasteiger partial charge in [0, 0.05) is 56.5 Å². The third-order valence-corrected chi connectivity index (χ3v) is 18.5. The molecular formula is C81H74BN3. The lowest BCUT2D eigenvalue weighted by Gasteiger charge is -2.45. The first kappa shape index (κ1) is 53.9. The highest BCUT2D eigenvalue weighted by atomic mass is 15.2. The van der Waals surface area contributed by atoms with Crippen molar-refractivity contribution in [2.45, 2.75) is 97.8 Å². The van der Waals surface area contributed by atoms with Gasteiger partial charge in [0.05, 0.1) is 5.69 Å². The average Bonchev–Trinajstić information content (AvgIpc) is 1.00. The third-order valence-electron chi connectivity index (χ3n) is 18.5. The van der Waals surface area contributed by atoms with E-state index >= 15 is 0 Å². The van der Waals surface area contributed by atoms with E-state index in [1.54, 1.807) is 0 Å². The minimum absolute atomic E-state index is 0.0129. The van der Waals surface area contributed by atoms with Crippen molar-refractivity contribution < 1.29 is 0 Å². The normalized spacial score (nSPS) is 13.8. The Morgan fingerprint density at radius 3 is 1.48 bits per heavy atom. The van der Waals surface area contributed by atoms with E-state index in [1.165, 1.54) is 111 Å². The van der Waals surface area contributed by atoms with E-state index in [9.17, 15) is 0 Å². The molecule has 2 aliphatic heterocycles. The zero-order chi connectivity index (χ0) is 58.7. The number of fused-ring (bicyclic) bond motifs is 7. The van der Waals surface area contributed by atoms with Crippen molar-refractivity contribution >= 4 is 74.3 Å². The van der Waals surface area contributed by atoms with Gasteiger partial charge in [-0.3, -0.25) is 0 Å². The van der Waals surface area contributed by atoms with Crippen LogP contribution in [0.4, 0.5) is 51.2 Å². The highest BCUT2D eigenvalue weighted by molar-refractivity contribution is 7.00. The summed E-state index contributed by atoms with van der Waals surface area (Å²) in [6, 6.07) is 94.5. The van der Waals surface area contributed by atoms with Crippen LogP contribution in [0.3, 0.4) is 0 Å². The zero-order valence-corrected chi connectivity index (χ0v) is 51.1. The minimum atomic E-state index is -0.212. The Hall–Kier alpha value is -9.12. The molecule has 0 bridgehead atoms. The molecule has 0 saturated heterocycles. The maximum absolute atomic E-state index is 2.65. The molecule has 0 atom stereocenters. The van der Waals surface area contributed by atoms with E-state index in [4.69, 9.17) is 0 Å². The molecule has 3 nitrogen and oxygen atoms in total. The zero-order valence-electron chi connectivity index (χ0n) is 51.1. The van der Waals surface area contributed by atoms with Crippen LogP contribution in [0.2, 0.25) is 0 Å². The molecule has 3 aliphatic rings. The van der Waals surface area contributed by atoms with Crippen molar-refractivity contribution in [3.05, 3.63) is 277 Å². The van der Waals surface area contributed by atoms with E-state index in [1.807, 2.05) is 0 Å². The molecule has 0 fully saturated rings. The Bertz CT molecular complexity index is 4370. The second kappa shape index (κ2) is 20.0. The van der Waals surface area contributed by atoms with Gasteiger partial charge in [-0.2, -0.15) is 0 Å². The summed E-state index contributed by atoms with van der Waals surface area (Å²) in [7, 11) is 0. The molecule has 0 radical (unpaired) electrons. The second-order valence-corrected chi connectivity index (χ2v) is 27.5. The topological polar surface area (TPSA) is 9.72 Å². The lowest BCUT2D eigenvalue weighted by Crippen LogP contribution is -2.61. The van der Waals surface area contributed by atoms with E-state index in [0.29, 0.717) is 0 Å². The molecule has 85 heavy (non-hydrogen) atoms. The van der Waals surface area contributed by atoms with E-state index in [2.05, 4.69) is 340 Å². The van der Waals surface area contributed by atoms with Crippen molar-refractivity contribution in [2.75, 3.05) is 14.7 Å². The number of benzene rings is 11. The molecule has 0 unspecified atom stereocenters. The van der Waals surface area contributed by atoms with Gasteiger partial charge in [-0.25, -0.2) is 0 Å². The fraction of sp³-hybridized carbons (Fsp3) is 0.185. The SMILES string of the molecule is CC(C)(C)c1ccc(N(c2ccc3c(c2)N(c2ccc4c(c2)C(C)(C)c2ccccc2-4)c2cc(C(C)(C)C)cc4c2B3c2cc(-c3ccccc3)ccc2N4c2ccc(-c3ccccc3)cc2)c2ccc(C(C)(C)C)cc2-c2ccccc2)cc1. The summed E-state index contributed by atoms with van der Waals surface area (Å²) in [5.41, 5.74) is 30.1. The Balaban J connectivity index is 1.07. The molecule has 14 rings (SSSR count). The first-order valence-corrected chi connectivity index (χ1v) is 30.4. The Labute approximate surface area is 505 Å². The summed E-state index contributed by atoms with van der Waals surface area (Å²) in [5, 5.41) is 0. The van der Waals surface area contributed by atoms with Crippen LogP contribution in [0, 0.1) is 0 Å². The predicted octanol–water partition coefficient (Wildman–Crippen LogP) is 20.4. The predicted molar refractivity (Wildman–Crippen MR) is 365 cm³/mol. The van der Waals surface area contributed by atoms with Gasteiger partial charge in [0.1, 0.15) is 0 Å². The molecule has 1 aliphatic carbocycles. The van der Waals surface area contributed by atoms with Crippen LogP contribution in [-0.2, 0) is 21.7 Å². The summed E-state index contributed by atoms with van der Waals surface area (Å²) >= 11 is 0. The summed E-state index contributed by atoms with van der Waals surface area (Å²) in [6.45, 7) is 25.7. The van der Waals surface area contributed by atoms with E-state index in [0.717, 1.165) is 28.4 Å². The van der Waals surface area contributed by atoms with Crippen molar-refractivity contribution in [1.82, 2.24) is 0 Å². The number of anilines is 9. The maximum Gasteiger partial charge on any atom is 0.252 e. The Morgan fingerprint density at radius 2 is 0.847 bits per heavy atom. The molecule has 0 saturated carbocycles. The molecule has 11 aromatic rings. The van der Waals surface area contributed by atoms with Crippen LogP contribution in [0.5, 0.6) is 0 Å². The molecule has 11 aromatic carbocycles. The molecule has 0 N–H and O–H groups in total. The second-order valence-electron chi connectivity index (χ2n) is 27.5. The van der Waals surface area contributed by atoms with E-state index < -0.39 is 0 Å². The Morgan fingerprint density at radius 1 is 0.329 bits per heavy atom. The lowest BCUT2D eigenvalue weighted by atomic mass is 9.33. The van der Waals surface area contributed by atoms with Crippen molar-refractivity contribution in [3.8, 4) is 44.5 Å².